The van der Waals surface area contributed by atoms with Crippen molar-refractivity contribution < 1.29 is 37.7 Å². The van der Waals surface area contributed by atoms with E-state index in [2.05, 4.69) is 15.6 Å². The van der Waals surface area contributed by atoms with E-state index in [1.54, 1.807) is 42.6 Å². The van der Waals surface area contributed by atoms with E-state index in [1.807, 2.05) is 0 Å². The monoisotopic (exact) mass is 574 g/mol. The van der Waals surface area contributed by atoms with Crippen molar-refractivity contribution in [2.24, 2.45) is 0 Å². The van der Waals surface area contributed by atoms with E-state index in [0.717, 1.165) is 0 Å². The molecule has 0 unspecified atom stereocenters. The Labute approximate surface area is 238 Å². The Kier molecular flexibility index (Phi) is 7.91. The molecule has 0 atom stereocenters. The summed E-state index contributed by atoms with van der Waals surface area (Å²) in [5.74, 6) is 0.796. The Bertz CT molecular complexity index is 1860. The van der Waals surface area contributed by atoms with Crippen molar-refractivity contribution >= 4 is 39.5 Å². The number of rotatable bonds is 10. The van der Waals surface area contributed by atoms with Crippen molar-refractivity contribution in [3.63, 3.8) is 0 Å². The van der Waals surface area contributed by atoms with Gasteiger partial charge in [0.2, 0.25) is 11.3 Å². The number of methoxy groups -OCH3 is 3. The maximum absolute atomic E-state index is 13.3. The second-order valence-corrected chi connectivity index (χ2v) is 8.99. The van der Waals surface area contributed by atoms with Gasteiger partial charge in [0.25, 0.3) is 0 Å². The van der Waals surface area contributed by atoms with Gasteiger partial charge in [0.05, 0.1) is 38.6 Å². The Morgan fingerprint density at radius 1 is 0.905 bits per heavy atom. The third-order valence-corrected chi connectivity index (χ3v) is 6.13. The van der Waals surface area contributed by atoms with Crippen LogP contribution in [-0.2, 0) is 22.7 Å². The molecule has 0 radical (unpaired) electrons. The molecule has 0 aliphatic heterocycles. The van der Waals surface area contributed by atoms with E-state index in [1.165, 1.54) is 45.1 Å². The Morgan fingerprint density at radius 3 is 2.38 bits per heavy atom. The molecular weight excluding hydrogens is 548 g/mol. The molecule has 1 amide bonds. The van der Waals surface area contributed by atoms with Crippen LogP contribution in [0.4, 0.5) is 5.69 Å². The first-order chi connectivity index (χ1) is 20.3. The predicted molar refractivity (Wildman–Crippen MR) is 150 cm³/mol. The molecule has 5 rings (SSSR count). The Balaban J connectivity index is 1.33. The molecule has 0 aliphatic carbocycles. The summed E-state index contributed by atoms with van der Waals surface area (Å²) in [6.45, 7) is 1.08. The molecule has 0 saturated heterocycles. The molecule has 0 saturated carbocycles. The fourth-order valence-electron chi connectivity index (χ4n) is 4.22. The van der Waals surface area contributed by atoms with Crippen molar-refractivity contribution in [3.05, 3.63) is 70.6 Å². The summed E-state index contributed by atoms with van der Waals surface area (Å²) in [5.41, 5.74) is 1.01. The summed E-state index contributed by atoms with van der Waals surface area (Å²) >= 11 is 0. The standard InChI is InChI=1S/C29H26N4O9/c1-16(34)41-25-11-20(12-26-28(25)29(36)21-9-18(37-2)6-8-23(21)42-26)40-15-17-13-33(32-31-17)14-27(35)30-22-7-5-19(38-3)10-24(22)39-4/h5-13H,14-15H2,1-4H3,(H,30,35). The lowest BCUT2D eigenvalue weighted by Gasteiger charge is -2.11. The number of ether oxygens (including phenoxy) is 5. The van der Waals surface area contributed by atoms with Crippen molar-refractivity contribution in [1.29, 1.82) is 0 Å². The number of hydrogen-bond acceptors (Lipinski definition) is 11. The first-order valence-corrected chi connectivity index (χ1v) is 12.6. The molecule has 42 heavy (non-hydrogen) atoms. The fraction of sp³-hybridized carbons (Fsp3) is 0.207. The average Bonchev–Trinajstić information content (AvgIpc) is 3.42. The lowest BCUT2D eigenvalue weighted by Crippen LogP contribution is -2.19. The van der Waals surface area contributed by atoms with Crippen LogP contribution >= 0.6 is 0 Å². The van der Waals surface area contributed by atoms with Crippen LogP contribution < -0.4 is 34.4 Å². The van der Waals surface area contributed by atoms with E-state index in [4.69, 9.17) is 28.1 Å². The molecule has 0 spiro atoms. The zero-order valence-electron chi connectivity index (χ0n) is 23.1. The van der Waals surface area contributed by atoms with Crippen LogP contribution in [0.2, 0.25) is 0 Å². The molecule has 13 nitrogen and oxygen atoms in total. The summed E-state index contributed by atoms with van der Waals surface area (Å²) in [5, 5.41) is 11.2. The highest BCUT2D eigenvalue weighted by Gasteiger charge is 2.18. The van der Waals surface area contributed by atoms with Gasteiger partial charge < -0.3 is 33.4 Å². The van der Waals surface area contributed by atoms with Gasteiger partial charge in [-0.3, -0.25) is 14.4 Å². The van der Waals surface area contributed by atoms with E-state index in [-0.39, 0.29) is 52.3 Å². The van der Waals surface area contributed by atoms with Gasteiger partial charge in [-0.1, -0.05) is 5.21 Å². The number of hydrogen-bond donors (Lipinski definition) is 1. The van der Waals surface area contributed by atoms with Crippen molar-refractivity contribution in [2.75, 3.05) is 26.6 Å². The molecule has 3 aromatic carbocycles. The first kappa shape index (κ1) is 28.0. The lowest BCUT2D eigenvalue weighted by atomic mass is 10.1. The average molecular weight is 575 g/mol. The maximum atomic E-state index is 13.3. The number of amides is 1. The van der Waals surface area contributed by atoms with Crippen LogP contribution in [-0.4, -0.2) is 48.2 Å². The highest BCUT2D eigenvalue weighted by Crippen LogP contribution is 2.33. The Morgan fingerprint density at radius 2 is 1.64 bits per heavy atom. The molecule has 216 valence electrons. The van der Waals surface area contributed by atoms with Crippen LogP contribution in [0.25, 0.3) is 21.9 Å². The third-order valence-electron chi connectivity index (χ3n) is 6.13. The van der Waals surface area contributed by atoms with E-state index >= 15 is 0 Å². The number of nitrogens with one attached hydrogen (secondary N) is 1. The van der Waals surface area contributed by atoms with E-state index in [9.17, 15) is 14.4 Å². The SMILES string of the molecule is COc1ccc(NC(=O)Cn2cc(COc3cc(OC(C)=O)c4c(=O)c5cc(OC)ccc5oc4c3)nn2)c(OC)c1. The molecule has 0 aliphatic rings. The van der Waals surface area contributed by atoms with Gasteiger partial charge in [-0.05, 0) is 30.3 Å². The smallest absolute Gasteiger partial charge is 0.308 e. The number of aromatic nitrogens is 3. The molecule has 2 heterocycles. The first-order valence-electron chi connectivity index (χ1n) is 12.6. The fourth-order valence-corrected chi connectivity index (χ4v) is 4.22. The summed E-state index contributed by atoms with van der Waals surface area (Å²) in [4.78, 5) is 37.7. The Hall–Kier alpha value is -5.59. The van der Waals surface area contributed by atoms with Gasteiger partial charge in [0.15, 0.2) is 0 Å². The highest BCUT2D eigenvalue weighted by atomic mass is 16.5. The van der Waals surface area contributed by atoms with Crippen molar-refractivity contribution in [2.45, 2.75) is 20.1 Å². The molecule has 1 N–H and O–H groups in total. The molecule has 5 aromatic rings. The quantitative estimate of drug-likeness (QED) is 0.148. The van der Waals surface area contributed by atoms with Crippen LogP contribution in [0, 0.1) is 0 Å². The summed E-state index contributed by atoms with van der Waals surface area (Å²) in [6, 6.07) is 12.8. The van der Waals surface area contributed by atoms with Gasteiger partial charge in [0.1, 0.15) is 64.1 Å². The lowest BCUT2D eigenvalue weighted by molar-refractivity contribution is -0.131. The minimum absolute atomic E-state index is 0.0113. The number of carbonyl (C=O) groups excluding carboxylic acids is 2. The zero-order chi connectivity index (χ0) is 29.8. The van der Waals surface area contributed by atoms with Gasteiger partial charge >= 0.3 is 5.97 Å². The largest absolute Gasteiger partial charge is 0.497 e. The zero-order valence-corrected chi connectivity index (χ0v) is 23.1. The molecular formula is C29H26N4O9. The number of fused-ring (bicyclic) bond motifs is 2. The number of carbonyl (C=O) groups is 2. The van der Waals surface area contributed by atoms with Gasteiger partial charge in [0, 0.05) is 25.1 Å². The number of esters is 1. The van der Waals surface area contributed by atoms with Crippen LogP contribution in [0.3, 0.4) is 0 Å². The summed E-state index contributed by atoms with van der Waals surface area (Å²) < 4.78 is 34.2. The van der Waals surface area contributed by atoms with Gasteiger partial charge in [-0.25, -0.2) is 4.68 Å². The van der Waals surface area contributed by atoms with Gasteiger partial charge in [-0.15, -0.1) is 5.10 Å². The van der Waals surface area contributed by atoms with Gasteiger partial charge in [-0.2, -0.15) is 0 Å². The second-order valence-electron chi connectivity index (χ2n) is 8.99. The van der Waals surface area contributed by atoms with Crippen LogP contribution in [0.1, 0.15) is 12.6 Å². The molecule has 2 aromatic heterocycles. The van der Waals surface area contributed by atoms with E-state index in [0.29, 0.717) is 34.2 Å². The van der Waals surface area contributed by atoms with Crippen molar-refractivity contribution in [3.8, 4) is 28.7 Å². The molecule has 13 heteroatoms. The second kappa shape index (κ2) is 11.9. The highest BCUT2D eigenvalue weighted by molar-refractivity contribution is 5.95. The number of anilines is 1. The van der Waals surface area contributed by atoms with Crippen LogP contribution in [0.5, 0.6) is 28.7 Å². The van der Waals surface area contributed by atoms with E-state index < -0.39 is 5.97 Å². The summed E-state index contributed by atoms with van der Waals surface area (Å²) in [7, 11) is 4.52. The normalized spacial score (nSPS) is 10.9. The molecule has 0 fully saturated rings. The minimum Gasteiger partial charge on any atom is -0.497 e. The molecule has 0 bridgehead atoms. The number of nitrogens with zero attached hydrogens (tertiary/aromatic N) is 3. The number of benzene rings is 3. The maximum Gasteiger partial charge on any atom is 0.308 e. The topological polar surface area (TPSA) is 153 Å². The predicted octanol–water partition coefficient (Wildman–Crippen LogP) is 3.71. The third kappa shape index (κ3) is 5.94. The summed E-state index contributed by atoms with van der Waals surface area (Å²) in [6.07, 6.45) is 1.56. The van der Waals surface area contributed by atoms with Crippen LogP contribution in [0.15, 0.2) is 63.9 Å². The minimum atomic E-state index is -0.618. The van der Waals surface area contributed by atoms with Crippen molar-refractivity contribution in [1.82, 2.24) is 15.0 Å².